The Balaban J connectivity index is 2.47. The molecule has 1 aromatic heterocycles. The van der Waals surface area contributed by atoms with Crippen LogP contribution in [0.25, 0.3) is 0 Å². The highest BCUT2D eigenvalue weighted by atomic mass is 16.5. The van der Waals surface area contributed by atoms with E-state index in [4.69, 9.17) is 9.84 Å². The number of ether oxygens (including phenoxy) is 1. The summed E-state index contributed by atoms with van der Waals surface area (Å²) < 4.78 is 4.93. The van der Waals surface area contributed by atoms with Gasteiger partial charge in [-0.05, 0) is 6.54 Å². The van der Waals surface area contributed by atoms with Gasteiger partial charge >= 0.3 is 12.0 Å². The summed E-state index contributed by atoms with van der Waals surface area (Å²) in [4.78, 5) is 21.5. The second kappa shape index (κ2) is 4.67. The number of rotatable bonds is 3. The molecule has 0 radical (unpaired) electrons. The van der Waals surface area contributed by atoms with Crippen molar-refractivity contribution in [3.8, 4) is 6.01 Å². The van der Waals surface area contributed by atoms with Crippen LogP contribution in [0.3, 0.4) is 0 Å². The van der Waals surface area contributed by atoms with Crippen molar-refractivity contribution in [2.45, 2.75) is 19.9 Å². The van der Waals surface area contributed by atoms with Crippen LogP contribution >= 0.6 is 0 Å². The molecular formula is C11H15N3O3. The van der Waals surface area contributed by atoms with E-state index in [1.165, 1.54) is 7.11 Å². The third-order valence-electron chi connectivity index (χ3n) is 2.95. The van der Waals surface area contributed by atoms with Crippen molar-refractivity contribution in [1.82, 2.24) is 14.9 Å². The lowest BCUT2D eigenvalue weighted by Crippen LogP contribution is -2.32. The van der Waals surface area contributed by atoms with Gasteiger partial charge in [0.25, 0.3) is 0 Å². The quantitative estimate of drug-likeness (QED) is 0.828. The molecule has 6 heteroatoms. The zero-order valence-corrected chi connectivity index (χ0v) is 9.93. The van der Waals surface area contributed by atoms with E-state index in [1.807, 2.05) is 0 Å². The number of hydrogen-bond donors (Lipinski definition) is 1. The molecule has 0 fully saturated rings. The minimum absolute atomic E-state index is 0.0602. The lowest BCUT2D eigenvalue weighted by atomic mass is 10.0. The molecule has 0 aromatic carbocycles. The molecule has 0 aliphatic carbocycles. The number of carboxylic acids is 1. The first-order chi connectivity index (χ1) is 8.15. The smallest absolute Gasteiger partial charge is 0.355 e. The first-order valence-electron chi connectivity index (χ1n) is 5.55. The molecule has 6 nitrogen and oxygen atoms in total. The van der Waals surface area contributed by atoms with E-state index in [0.29, 0.717) is 12.1 Å². The van der Waals surface area contributed by atoms with Gasteiger partial charge in [0.1, 0.15) is 0 Å². The molecule has 1 aromatic rings. The summed E-state index contributed by atoms with van der Waals surface area (Å²) in [6.07, 6.45) is 0.738. The second-order valence-corrected chi connectivity index (χ2v) is 3.91. The third kappa shape index (κ3) is 2.21. The van der Waals surface area contributed by atoms with Gasteiger partial charge in [0.2, 0.25) is 0 Å². The van der Waals surface area contributed by atoms with E-state index in [9.17, 15) is 4.79 Å². The Morgan fingerprint density at radius 3 is 2.88 bits per heavy atom. The SMILES string of the molecule is CCN1CCc2nc(OC)nc(C(=O)O)c2C1. The Labute approximate surface area is 99.2 Å². The molecule has 1 N–H and O–H groups in total. The number of nitrogens with zero attached hydrogens (tertiary/aromatic N) is 3. The maximum absolute atomic E-state index is 11.2. The molecule has 0 amide bonds. The molecule has 1 aliphatic rings. The molecular weight excluding hydrogens is 222 g/mol. The van der Waals surface area contributed by atoms with E-state index < -0.39 is 5.97 Å². The van der Waals surface area contributed by atoms with Crippen molar-refractivity contribution < 1.29 is 14.6 Å². The zero-order chi connectivity index (χ0) is 12.4. The van der Waals surface area contributed by atoms with E-state index in [1.54, 1.807) is 0 Å². The monoisotopic (exact) mass is 237 g/mol. The van der Waals surface area contributed by atoms with Crippen LogP contribution in [0.2, 0.25) is 0 Å². The number of aromatic nitrogens is 2. The van der Waals surface area contributed by atoms with Crippen molar-refractivity contribution in [1.29, 1.82) is 0 Å². The predicted molar refractivity (Wildman–Crippen MR) is 60.2 cm³/mol. The normalized spacial score (nSPS) is 15.4. The van der Waals surface area contributed by atoms with Crippen LogP contribution in [0.5, 0.6) is 6.01 Å². The fourth-order valence-corrected chi connectivity index (χ4v) is 1.99. The highest BCUT2D eigenvalue weighted by molar-refractivity contribution is 5.87. The van der Waals surface area contributed by atoms with Crippen LogP contribution in [-0.4, -0.2) is 46.1 Å². The van der Waals surface area contributed by atoms with E-state index in [2.05, 4.69) is 21.8 Å². The molecule has 0 saturated carbocycles. The van der Waals surface area contributed by atoms with Crippen molar-refractivity contribution in [3.63, 3.8) is 0 Å². The lowest BCUT2D eigenvalue weighted by Gasteiger charge is -2.27. The summed E-state index contributed by atoms with van der Waals surface area (Å²) in [5.74, 6) is -1.03. The minimum atomic E-state index is -1.03. The van der Waals surface area contributed by atoms with Crippen LogP contribution in [0.15, 0.2) is 0 Å². The molecule has 0 atom stereocenters. The number of carbonyl (C=O) groups is 1. The molecule has 0 bridgehead atoms. The minimum Gasteiger partial charge on any atom is -0.476 e. The summed E-state index contributed by atoms with van der Waals surface area (Å²) in [5.41, 5.74) is 1.57. The average Bonchev–Trinajstić information content (AvgIpc) is 2.36. The van der Waals surface area contributed by atoms with E-state index >= 15 is 0 Å². The molecule has 0 unspecified atom stereocenters. The molecule has 2 heterocycles. The van der Waals surface area contributed by atoms with Crippen LogP contribution in [0.1, 0.15) is 28.7 Å². The number of aromatic carboxylic acids is 1. The maximum Gasteiger partial charge on any atom is 0.355 e. The highest BCUT2D eigenvalue weighted by Gasteiger charge is 2.24. The average molecular weight is 237 g/mol. The molecule has 1 aliphatic heterocycles. The van der Waals surface area contributed by atoms with Gasteiger partial charge in [-0.1, -0.05) is 6.92 Å². The molecule has 2 rings (SSSR count). The van der Waals surface area contributed by atoms with Gasteiger partial charge in [0.15, 0.2) is 5.69 Å². The van der Waals surface area contributed by atoms with Gasteiger partial charge in [0, 0.05) is 25.1 Å². The Morgan fingerprint density at radius 1 is 1.53 bits per heavy atom. The summed E-state index contributed by atoms with van der Waals surface area (Å²) in [6.45, 7) is 4.43. The second-order valence-electron chi connectivity index (χ2n) is 3.91. The Bertz CT molecular complexity index is 448. The fraction of sp³-hybridized carbons (Fsp3) is 0.545. The standard InChI is InChI=1S/C11H15N3O3/c1-3-14-5-4-8-7(6-14)9(10(15)16)13-11(12-8)17-2/h3-6H2,1-2H3,(H,15,16). The van der Waals surface area contributed by atoms with Gasteiger partial charge in [-0.15, -0.1) is 0 Å². The molecule has 0 saturated heterocycles. The van der Waals surface area contributed by atoms with Gasteiger partial charge in [0.05, 0.1) is 12.8 Å². The molecule has 92 valence electrons. The molecule has 17 heavy (non-hydrogen) atoms. The summed E-state index contributed by atoms with van der Waals surface area (Å²) in [6, 6.07) is 0.131. The van der Waals surface area contributed by atoms with Crippen LogP contribution in [0, 0.1) is 0 Å². The number of carboxylic acid groups (broad SMARTS) is 1. The number of methoxy groups -OCH3 is 1. The summed E-state index contributed by atoms with van der Waals surface area (Å²) in [5, 5.41) is 9.16. The number of likely N-dealkylation sites (N-methyl/N-ethyl adjacent to an activating group) is 1. The lowest BCUT2D eigenvalue weighted by molar-refractivity contribution is 0.0685. The highest BCUT2D eigenvalue weighted by Crippen LogP contribution is 2.22. The van der Waals surface area contributed by atoms with Gasteiger partial charge in [-0.2, -0.15) is 9.97 Å². The van der Waals surface area contributed by atoms with E-state index in [0.717, 1.165) is 25.2 Å². The Kier molecular flexibility index (Phi) is 3.23. The van der Waals surface area contributed by atoms with Crippen LogP contribution in [0.4, 0.5) is 0 Å². The summed E-state index contributed by atoms with van der Waals surface area (Å²) >= 11 is 0. The maximum atomic E-state index is 11.2. The zero-order valence-electron chi connectivity index (χ0n) is 9.93. The third-order valence-corrected chi connectivity index (χ3v) is 2.95. The van der Waals surface area contributed by atoms with Crippen molar-refractivity contribution in [2.24, 2.45) is 0 Å². The van der Waals surface area contributed by atoms with Gasteiger partial charge < -0.3 is 9.84 Å². The summed E-state index contributed by atoms with van der Waals surface area (Å²) in [7, 11) is 1.44. The van der Waals surface area contributed by atoms with Crippen molar-refractivity contribution >= 4 is 5.97 Å². The Morgan fingerprint density at radius 2 is 2.29 bits per heavy atom. The number of fused-ring (bicyclic) bond motifs is 1. The van der Waals surface area contributed by atoms with E-state index in [-0.39, 0.29) is 11.7 Å². The molecule has 0 spiro atoms. The first-order valence-corrected chi connectivity index (χ1v) is 5.55. The van der Waals surface area contributed by atoms with Crippen LogP contribution in [-0.2, 0) is 13.0 Å². The number of hydrogen-bond acceptors (Lipinski definition) is 5. The van der Waals surface area contributed by atoms with Crippen molar-refractivity contribution in [2.75, 3.05) is 20.2 Å². The predicted octanol–water partition coefficient (Wildman–Crippen LogP) is 0.561. The van der Waals surface area contributed by atoms with Crippen LogP contribution < -0.4 is 4.74 Å². The fourth-order valence-electron chi connectivity index (χ4n) is 1.99. The van der Waals surface area contributed by atoms with Gasteiger partial charge in [-0.3, -0.25) is 4.90 Å². The van der Waals surface area contributed by atoms with Gasteiger partial charge in [-0.25, -0.2) is 4.79 Å². The Hall–Kier alpha value is -1.69. The topological polar surface area (TPSA) is 75.5 Å². The largest absolute Gasteiger partial charge is 0.476 e. The first kappa shape index (κ1) is 11.8. The van der Waals surface area contributed by atoms with Crippen molar-refractivity contribution in [3.05, 3.63) is 17.0 Å².